The van der Waals surface area contributed by atoms with Crippen LogP contribution in [0.3, 0.4) is 0 Å². The Bertz CT molecular complexity index is 957. The number of nitrogens with one attached hydrogen (secondary N) is 1. The minimum atomic E-state index is -0.544. The van der Waals surface area contributed by atoms with E-state index in [1.807, 2.05) is 0 Å². The topological polar surface area (TPSA) is 90.7 Å². The lowest BCUT2D eigenvalue weighted by atomic mass is 10.2. The molecule has 0 spiro atoms. The smallest absolute Gasteiger partial charge is 0.349 e. The van der Waals surface area contributed by atoms with Crippen molar-refractivity contribution in [3.63, 3.8) is 0 Å². The van der Waals surface area contributed by atoms with Crippen LogP contribution in [0.4, 0.5) is 5.69 Å². The van der Waals surface area contributed by atoms with Crippen LogP contribution < -0.4 is 14.8 Å². The first-order chi connectivity index (χ1) is 13.0. The lowest BCUT2D eigenvalue weighted by molar-refractivity contribution is 0.0732. The van der Waals surface area contributed by atoms with Gasteiger partial charge in [0.05, 0.1) is 18.4 Å². The van der Waals surface area contributed by atoms with Crippen molar-refractivity contribution in [1.29, 1.82) is 0 Å². The molecule has 7 nitrogen and oxygen atoms in total. The van der Waals surface area contributed by atoms with E-state index in [2.05, 4.69) is 10.5 Å². The summed E-state index contributed by atoms with van der Waals surface area (Å²) in [7, 11) is 1.51. The number of rotatable bonds is 5. The van der Waals surface area contributed by atoms with Gasteiger partial charge in [-0.15, -0.1) is 0 Å². The zero-order valence-electron chi connectivity index (χ0n) is 15.1. The Morgan fingerprint density at radius 1 is 1.04 bits per heavy atom. The quantitative estimate of drug-likeness (QED) is 0.546. The normalized spacial score (nSPS) is 10.3. The minimum Gasteiger partial charge on any atom is -0.496 e. The number of carbonyl (C=O) groups is 2. The minimum absolute atomic E-state index is 0.298. The third-order valence-electron chi connectivity index (χ3n) is 3.91. The van der Waals surface area contributed by atoms with E-state index >= 15 is 0 Å². The predicted octanol–water partition coefficient (Wildman–Crippen LogP) is 3.77. The molecule has 0 atom stereocenters. The van der Waals surface area contributed by atoms with Crippen molar-refractivity contribution in [3.8, 4) is 11.5 Å². The van der Waals surface area contributed by atoms with Gasteiger partial charge in [-0.05, 0) is 50.2 Å². The molecule has 0 aliphatic heterocycles. The summed E-state index contributed by atoms with van der Waals surface area (Å²) in [6, 6.07) is 13.4. The molecule has 0 fully saturated rings. The summed E-state index contributed by atoms with van der Waals surface area (Å²) in [4.78, 5) is 24.6. The highest BCUT2D eigenvalue weighted by Crippen LogP contribution is 2.22. The van der Waals surface area contributed by atoms with Crippen LogP contribution in [-0.2, 0) is 0 Å². The van der Waals surface area contributed by atoms with Crippen LogP contribution in [0.1, 0.15) is 32.2 Å². The number of aryl methyl sites for hydroxylation is 2. The number of ether oxygens (including phenoxy) is 2. The summed E-state index contributed by atoms with van der Waals surface area (Å²) in [5.74, 6) is 0.387. The van der Waals surface area contributed by atoms with Gasteiger partial charge in [0.15, 0.2) is 0 Å². The van der Waals surface area contributed by atoms with E-state index in [1.165, 1.54) is 7.11 Å². The van der Waals surface area contributed by atoms with Crippen LogP contribution in [0, 0.1) is 13.8 Å². The number of methoxy groups -OCH3 is 1. The molecule has 0 aliphatic carbocycles. The van der Waals surface area contributed by atoms with Gasteiger partial charge in [0, 0.05) is 5.69 Å². The highest BCUT2D eigenvalue weighted by molar-refractivity contribution is 6.06. The Balaban J connectivity index is 1.69. The molecule has 1 amide bonds. The summed E-state index contributed by atoms with van der Waals surface area (Å²) in [5, 5.41) is 6.51. The predicted molar refractivity (Wildman–Crippen MR) is 98.3 cm³/mol. The molecular formula is C20H18N2O5. The van der Waals surface area contributed by atoms with Crippen molar-refractivity contribution in [1.82, 2.24) is 5.16 Å². The summed E-state index contributed by atoms with van der Waals surface area (Å²) < 4.78 is 15.5. The van der Waals surface area contributed by atoms with Crippen molar-refractivity contribution >= 4 is 17.6 Å². The molecule has 0 radical (unpaired) electrons. The number of hydrogen-bond acceptors (Lipinski definition) is 6. The van der Waals surface area contributed by atoms with Crippen LogP contribution >= 0.6 is 0 Å². The number of para-hydroxylation sites is 1. The SMILES string of the molecule is COc1ccccc1C(=O)Nc1ccc(OC(=O)c2c(C)noc2C)cc1. The Hall–Kier alpha value is -3.61. The van der Waals surface area contributed by atoms with E-state index < -0.39 is 5.97 Å². The average molecular weight is 366 g/mol. The van der Waals surface area contributed by atoms with Gasteiger partial charge in [0.1, 0.15) is 22.8 Å². The van der Waals surface area contributed by atoms with E-state index in [-0.39, 0.29) is 5.91 Å². The Labute approximate surface area is 155 Å². The molecule has 27 heavy (non-hydrogen) atoms. The number of anilines is 1. The lowest BCUT2D eigenvalue weighted by Crippen LogP contribution is -2.13. The van der Waals surface area contributed by atoms with Crippen molar-refractivity contribution in [2.45, 2.75) is 13.8 Å². The monoisotopic (exact) mass is 366 g/mol. The number of benzene rings is 2. The molecule has 0 bridgehead atoms. The molecule has 1 N–H and O–H groups in total. The van der Waals surface area contributed by atoms with Crippen molar-refractivity contribution < 1.29 is 23.6 Å². The number of amides is 1. The Kier molecular flexibility index (Phi) is 5.21. The first-order valence-electron chi connectivity index (χ1n) is 8.19. The molecule has 0 aliphatic rings. The van der Waals surface area contributed by atoms with Crippen LogP contribution in [-0.4, -0.2) is 24.1 Å². The second-order valence-electron chi connectivity index (χ2n) is 5.77. The maximum absolute atomic E-state index is 12.4. The molecule has 2 aromatic carbocycles. The zero-order valence-corrected chi connectivity index (χ0v) is 15.1. The number of nitrogens with zero attached hydrogens (tertiary/aromatic N) is 1. The van der Waals surface area contributed by atoms with Crippen molar-refractivity contribution in [2.75, 3.05) is 12.4 Å². The van der Waals surface area contributed by atoms with Crippen molar-refractivity contribution in [2.24, 2.45) is 0 Å². The Morgan fingerprint density at radius 3 is 2.37 bits per heavy atom. The molecule has 3 rings (SSSR count). The zero-order chi connectivity index (χ0) is 19.4. The third-order valence-corrected chi connectivity index (χ3v) is 3.91. The maximum atomic E-state index is 12.4. The van der Waals surface area contributed by atoms with Crippen LogP contribution in [0.15, 0.2) is 53.1 Å². The first-order valence-corrected chi connectivity index (χ1v) is 8.19. The molecule has 0 unspecified atom stereocenters. The van der Waals surface area contributed by atoms with Gasteiger partial charge in [0.2, 0.25) is 0 Å². The van der Waals surface area contributed by atoms with E-state index in [4.69, 9.17) is 14.0 Å². The number of hydrogen-bond donors (Lipinski definition) is 1. The lowest BCUT2D eigenvalue weighted by Gasteiger charge is -2.10. The van der Waals surface area contributed by atoms with Gasteiger partial charge < -0.3 is 19.3 Å². The molecule has 1 heterocycles. The van der Waals surface area contributed by atoms with E-state index in [1.54, 1.807) is 62.4 Å². The number of carbonyl (C=O) groups excluding carboxylic acids is 2. The second kappa shape index (κ2) is 7.74. The summed E-state index contributed by atoms with van der Waals surface area (Å²) >= 11 is 0. The van der Waals surface area contributed by atoms with Crippen LogP contribution in [0.25, 0.3) is 0 Å². The fraction of sp³-hybridized carbons (Fsp3) is 0.150. The first kappa shape index (κ1) is 18.2. The molecule has 0 saturated carbocycles. The van der Waals surface area contributed by atoms with Gasteiger partial charge >= 0.3 is 5.97 Å². The number of aromatic nitrogens is 1. The fourth-order valence-corrected chi connectivity index (χ4v) is 2.57. The second-order valence-corrected chi connectivity index (χ2v) is 5.77. The van der Waals surface area contributed by atoms with E-state index in [9.17, 15) is 9.59 Å². The highest BCUT2D eigenvalue weighted by Gasteiger charge is 2.19. The summed E-state index contributed by atoms with van der Waals surface area (Å²) in [5.41, 5.74) is 1.76. The standard InChI is InChI=1S/C20H18N2O5/c1-12-18(13(2)27-22-12)20(24)26-15-10-8-14(9-11-15)21-19(23)16-6-4-5-7-17(16)25-3/h4-11H,1-3H3,(H,21,23). The van der Waals surface area contributed by atoms with Crippen LogP contribution in [0.2, 0.25) is 0 Å². The Morgan fingerprint density at radius 2 is 1.74 bits per heavy atom. The van der Waals surface area contributed by atoms with Gasteiger partial charge in [-0.2, -0.15) is 0 Å². The van der Waals surface area contributed by atoms with Gasteiger partial charge in [-0.25, -0.2) is 4.79 Å². The number of esters is 1. The third kappa shape index (κ3) is 3.98. The highest BCUT2D eigenvalue weighted by atomic mass is 16.5. The molecule has 1 aromatic heterocycles. The van der Waals surface area contributed by atoms with Crippen molar-refractivity contribution in [3.05, 3.63) is 71.1 Å². The average Bonchev–Trinajstić information content (AvgIpc) is 3.01. The summed E-state index contributed by atoms with van der Waals surface area (Å²) in [6.45, 7) is 3.32. The summed E-state index contributed by atoms with van der Waals surface area (Å²) in [6.07, 6.45) is 0. The molecule has 0 saturated heterocycles. The maximum Gasteiger partial charge on any atom is 0.349 e. The molecule has 7 heteroatoms. The van der Waals surface area contributed by atoms with Crippen LogP contribution in [0.5, 0.6) is 11.5 Å². The van der Waals surface area contributed by atoms with E-state index in [0.29, 0.717) is 39.8 Å². The van der Waals surface area contributed by atoms with Gasteiger partial charge in [-0.1, -0.05) is 17.3 Å². The molecule has 3 aromatic rings. The largest absolute Gasteiger partial charge is 0.496 e. The fourth-order valence-electron chi connectivity index (χ4n) is 2.57. The molecular weight excluding hydrogens is 348 g/mol. The van der Waals surface area contributed by atoms with E-state index in [0.717, 1.165) is 0 Å². The van der Waals surface area contributed by atoms with Gasteiger partial charge in [-0.3, -0.25) is 4.79 Å². The van der Waals surface area contributed by atoms with Gasteiger partial charge in [0.25, 0.3) is 5.91 Å². The molecule has 138 valence electrons.